The van der Waals surface area contributed by atoms with Crippen molar-refractivity contribution in [2.45, 2.75) is 32.2 Å². The third kappa shape index (κ3) is 2.29. The average molecular weight is 273 g/mol. The van der Waals surface area contributed by atoms with E-state index in [9.17, 15) is 9.90 Å². The van der Waals surface area contributed by atoms with Gasteiger partial charge in [0, 0.05) is 42.2 Å². The van der Waals surface area contributed by atoms with Crippen LogP contribution in [-0.4, -0.2) is 33.0 Å². The highest BCUT2D eigenvalue weighted by atomic mass is 16.3. The second kappa shape index (κ2) is 5.25. The highest BCUT2D eigenvalue weighted by molar-refractivity contribution is 5.95. The van der Waals surface area contributed by atoms with E-state index in [-0.39, 0.29) is 24.5 Å². The Labute approximate surface area is 117 Å². The number of aliphatic hydroxyl groups excluding tert-OH is 1. The van der Waals surface area contributed by atoms with Crippen LogP contribution in [0.25, 0.3) is 5.65 Å². The van der Waals surface area contributed by atoms with Crippen LogP contribution in [0.15, 0.2) is 24.5 Å². The van der Waals surface area contributed by atoms with Gasteiger partial charge in [-0.3, -0.25) is 4.79 Å². The van der Waals surface area contributed by atoms with Gasteiger partial charge in [0.05, 0.1) is 0 Å². The first-order valence-electron chi connectivity index (χ1n) is 7.04. The summed E-state index contributed by atoms with van der Waals surface area (Å²) in [6.45, 7) is 2.12. The molecule has 1 saturated carbocycles. The second-order valence-corrected chi connectivity index (χ2v) is 5.50. The lowest BCUT2D eigenvalue weighted by molar-refractivity contribution is 0.0916. The van der Waals surface area contributed by atoms with E-state index < -0.39 is 0 Å². The summed E-state index contributed by atoms with van der Waals surface area (Å²) in [6.07, 6.45) is 6.65. The van der Waals surface area contributed by atoms with E-state index in [1.165, 1.54) is 0 Å². The maximum atomic E-state index is 12.3. The number of rotatable bonds is 3. The average Bonchev–Trinajstić information content (AvgIpc) is 3.05. The fraction of sp³-hybridized carbons (Fsp3) is 0.467. The molecule has 0 saturated heterocycles. The van der Waals surface area contributed by atoms with E-state index in [1.807, 2.05) is 17.5 Å². The van der Waals surface area contributed by atoms with Crippen LogP contribution in [0.1, 0.15) is 35.3 Å². The van der Waals surface area contributed by atoms with Crippen LogP contribution in [0.2, 0.25) is 0 Å². The molecule has 0 radical (unpaired) electrons. The largest absolute Gasteiger partial charge is 0.396 e. The minimum Gasteiger partial charge on any atom is -0.396 e. The fourth-order valence-electron chi connectivity index (χ4n) is 2.95. The molecule has 0 aliphatic heterocycles. The van der Waals surface area contributed by atoms with E-state index in [4.69, 9.17) is 0 Å². The van der Waals surface area contributed by atoms with Crippen LogP contribution in [0, 0.1) is 12.8 Å². The summed E-state index contributed by atoms with van der Waals surface area (Å²) in [5, 5.41) is 12.3. The quantitative estimate of drug-likeness (QED) is 0.891. The molecule has 2 atom stereocenters. The molecule has 20 heavy (non-hydrogen) atoms. The maximum Gasteiger partial charge on any atom is 0.251 e. The molecule has 2 heterocycles. The number of imidazole rings is 1. The summed E-state index contributed by atoms with van der Waals surface area (Å²) in [7, 11) is 0. The number of aliphatic hydroxyl groups is 1. The van der Waals surface area contributed by atoms with Gasteiger partial charge in [-0.15, -0.1) is 0 Å². The Morgan fingerprint density at radius 3 is 3.20 bits per heavy atom. The molecular weight excluding hydrogens is 254 g/mol. The zero-order valence-corrected chi connectivity index (χ0v) is 11.5. The Morgan fingerprint density at radius 2 is 2.40 bits per heavy atom. The number of aromatic nitrogens is 2. The number of carbonyl (C=O) groups is 1. The second-order valence-electron chi connectivity index (χ2n) is 5.50. The number of amides is 1. The lowest BCUT2D eigenvalue weighted by Crippen LogP contribution is -2.38. The van der Waals surface area contributed by atoms with Crippen LogP contribution in [0.5, 0.6) is 0 Å². The Kier molecular flexibility index (Phi) is 3.44. The first kappa shape index (κ1) is 13.1. The number of carbonyl (C=O) groups excluding carboxylic acids is 1. The van der Waals surface area contributed by atoms with Crippen LogP contribution in [0.4, 0.5) is 0 Å². The van der Waals surface area contributed by atoms with Crippen molar-refractivity contribution in [3.8, 4) is 0 Å². The predicted octanol–water partition coefficient (Wildman–Crippen LogP) is 1.53. The van der Waals surface area contributed by atoms with E-state index in [1.54, 1.807) is 18.3 Å². The van der Waals surface area contributed by atoms with Gasteiger partial charge in [0.25, 0.3) is 5.91 Å². The van der Waals surface area contributed by atoms with Crippen LogP contribution >= 0.6 is 0 Å². The SMILES string of the molecule is Cc1cnc2cc(C(=O)N[C@@H]3CCC[C@@H]3CO)ccn12. The first-order chi connectivity index (χ1) is 9.69. The van der Waals surface area contributed by atoms with E-state index in [2.05, 4.69) is 10.3 Å². The molecule has 106 valence electrons. The maximum absolute atomic E-state index is 12.3. The molecule has 2 aromatic rings. The molecule has 1 aliphatic rings. The molecule has 3 rings (SSSR count). The van der Waals surface area contributed by atoms with Gasteiger partial charge in [0.1, 0.15) is 5.65 Å². The number of nitrogens with zero attached hydrogens (tertiary/aromatic N) is 2. The van der Waals surface area contributed by atoms with E-state index in [0.717, 1.165) is 30.6 Å². The summed E-state index contributed by atoms with van der Waals surface area (Å²) in [6, 6.07) is 3.69. The van der Waals surface area contributed by atoms with Crippen LogP contribution in [-0.2, 0) is 0 Å². The van der Waals surface area contributed by atoms with Crippen molar-refractivity contribution < 1.29 is 9.90 Å². The Morgan fingerprint density at radius 1 is 1.55 bits per heavy atom. The molecule has 1 amide bonds. The molecule has 5 heteroatoms. The number of hydrogen-bond acceptors (Lipinski definition) is 3. The lowest BCUT2D eigenvalue weighted by Gasteiger charge is -2.19. The lowest BCUT2D eigenvalue weighted by atomic mass is 10.0. The molecule has 5 nitrogen and oxygen atoms in total. The molecule has 0 bridgehead atoms. The monoisotopic (exact) mass is 273 g/mol. The molecule has 0 unspecified atom stereocenters. The Balaban J connectivity index is 1.78. The zero-order chi connectivity index (χ0) is 14.1. The predicted molar refractivity (Wildman–Crippen MR) is 75.6 cm³/mol. The van der Waals surface area contributed by atoms with Gasteiger partial charge in [-0.05, 0) is 31.9 Å². The van der Waals surface area contributed by atoms with Crippen LogP contribution in [0.3, 0.4) is 0 Å². The van der Waals surface area contributed by atoms with Gasteiger partial charge >= 0.3 is 0 Å². The van der Waals surface area contributed by atoms with Crippen molar-refractivity contribution in [1.29, 1.82) is 0 Å². The van der Waals surface area contributed by atoms with E-state index >= 15 is 0 Å². The number of pyridine rings is 1. The summed E-state index contributed by atoms with van der Waals surface area (Å²) in [5.41, 5.74) is 2.44. The number of aryl methyl sites for hydroxylation is 1. The molecule has 0 spiro atoms. The third-order valence-corrected chi connectivity index (χ3v) is 4.17. The summed E-state index contributed by atoms with van der Waals surface area (Å²) >= 11 is 0. The summed E-state index contributed by atoms with van der Waals surface area (Å²) in [5.74, 6) is 0.106. The van der Waals surface area contributed by atoms with Crippen molar-refractivity contribution >= 4 is 11.6 Å². The Bertz CT molecular complexity index is 635. The summed E-state index contributed by atoms with van der Waals surface area (Å²) in [4.78, 5) is 16.6. The molecule has 1 aliphatic carbocycles. The molecule has 0 aromatic carbocycles. The highest BCUT2D eigenvalue weighted by Crippen LogP contribution is 2.25. The molecule has 1 fully saturated rings. The van der Waals surface area contributed by atoms with Crippen molar-refractivity contribution in [2.75, 3.05) is 6.61 Å². The van der Waals surface area contributed by atoms with Crippen molar-refractivity contribution in [1.82, 2.24) is 14.7 Å². The van der Waals surface area contributed by atoms with Gasteiger partial charge in [0.15, 0.2) is 0 Å². The van der Waals surface area contributed by atoms with Gasteiger partial charge in [-0.1, -0.05) is 6.42 Å². The van der Waals surface area contributed by atoms with Gasteiger partial charge < -0.3 is 14.8 Å². The molecular formula is C15H19N3O2. The van der Waals surface area contributed by atoms with E-state index in [0.29, 0.717) is 5.56 Å². The molecule has 2 N–H and O–H groups in total. The normalized spacial score (nSPS) is 22.3. The smallest absolute Gasteiger partial charge is 0.251 e. The van der Waals surface area contributed by atoms with Gasteiger partial charge in [-0.25, -0.2) is 4.98 Å². The Hall–Kier alpha value is -1.88. The minimum atomic E-state index is -0.0847. The topological polar surface area (TPSA) is 66.6 Å². The van der Waals surface area contributed by atoms with Gasteiger partial charge in [0.2, 0.25) is 0 Å². The van der Waals surface area contributed by atoms with Gasteiger partial charge in [-0.2, -0.15) is 0 Å². The highest BCUT2D eigenvalue weighted by Gasteiger charge is 2.28. The third-order valence-electron chi connectivity index (χ3n) is 4.17. The van der Waals surface area contributed by atoms with Crippen molar-refractivity contribution in [3.05, 3.63) is 35.8 Å². The zero-order valence-electron chi connectivity index (χ0n) is 11.5. The number of fused-ring (bicyclic) bond motifs is 1. The number of hydrogen-bond donors (Lipinski definition) is 2. The van der Waals surface area contributed by atoms with Crippen molar-refractivity contribution in [2.24, 2.45) is 5.92 Å². The standard InChI is InChI=1S/C15H19N3O2/c1-10-8-16-14-7-11(5-6-18(10)14)15(20)17-13-4-2-3-12(13)9-19/h5-8,12-13,19H,2-4,9H2,1H3,(H,17,20)/t12-,13-/m1/s1. The first-order valence-corrected chi connectivity index (χ1v) is 7.04. The summed E-state index contributed by atoms with van der Waals surface area (Å²) < 4.78 is 1.95. The van der Waals surface area contributed by atoms with Crippen molar-refractivity contribution in [3.63, 3.8) is 0 Å². The minimum absolute atomic E-state index is 0.0847. The fourth-order valence-corrected chi connectivity index (χ4v) is 2.95. The molecule has 2 aromatic heterocycles. The van der Waals surface area contributed by atoms with Crippen LogP contribution < -0.4 is 5.32 Å². The number of nitrogens with one attached hydrogen (secondary N) is 1.